The third kappa shape index (κ3) is 3.14. The molecular weight excluding hydrogens is 333 g/mol. The van der Waals surface area contributed by atoms with Crippen molar-refractivity contribution in [3.63, 3.8) is 0 Å². The Morgan fingerprint density at radius 2 is 2.08 bits per heavy atom. The lowest BCUT2D eigenvalue weighted by Gasteiger charge is -2.33. The van der Waals surface area contributed by atoms with Crippen molar-refractivity contribution in [2.75, 3.05) is 19.8 Å². The summed E-state index contributed by atoms with van der Waals surface area (Å²) in [6.45, 7) is 2.36. The number of aliphatic carboxylic acids is 1. The lowest BCUT2D eigenvalue weighted by Crippen LogP contribution is -2.46. The van der Waals surface area contributed by atoms with Gasteiger partial charge in [0, 0.05) is 29.3 Å². The summed E-state index contributed by atoms with van der Waals surface area (Å²) in [5.74, 6) is -1.77. The number of nitrogens with zero attached hydrogens (tertiary/aromatic N) is 1. The SMILES string of the molecule is Cc1c(C(=O)N(CC(=O)O)C2CCOCC2)sc2cccc(F)c12. The van der Waals surface area contributed by atoms with Gasteiger partial charge >= 0.3 is 5.97 Å². The second-order valence-corrected chi connectivity index (χ2v) is 6.89. The number of carbonyl (C=O) groups is 2. The van der Waals surface area contributed by atoms with E-state index in [1.54, 1.807) is 19.1 Å². The van der Waals surface area contributed by atoms with Crippen LogP contribution in [0.15, 0.2) is 18.2 Å². The maximum atomic E-state index is 14.1. The number of halogens is 1. The predicted octanol–water partition coefficient (Wildman–Crippen LogP) is 3.05. The van der Waals surface area contributed by atoms with Crippen molar-refractivity contribution in [1.82, 2.24) is 4.90 Å². The molecule has 0 spiro atoms. The van der Waals surface area contributed by atoms with Crippen molar-refractivity contribution in [3.05, 3.63) is 34.5 Å². The van der Waals surface area contributed by atoms with Crippen LogP contribution in [0.25, 0.3) is 10.1 Å². The first kappa shape index (κ1) is 16.9. The Hall–Kier alpha value is -1.99. The van der Waals surface area contributed by atoms with E-state index in [0.717, 1.165) is 0 Å². The van der Waals surface area contributed by atoms with E-state index >= 15 is 0 Å². The summed E-state index contributed by atoms with van der Waals surface area (Å²) in [4.78, 5) is 26.0. The number of ether oxygens (including phenoxy) is 1. The number of fused-ring (bicyclic) bond motifs is 1. The van der Waals surface area contributed by atoms with E-state index in [2.05, 4.69) is 0 Å². The van der Waals surface area contributed by atoms with Gasteiger partial charge < -0.3 is 14.7 Å². The molecule has 1 N–H and O–H groups in total. The van der Waals surface area contributed by atoms with Crippen LogP contribution in [0, 0.1) is 12.7 Å². The quantitative estimate of drug-likeness (QED) is 0.919. The number of thiophene rings is 1. The molecule has 1 aromatic heterocycles. The average Bonchev–Trinajstić information content (AvgIpc) is 2.91. The van der Waals surface area contributed by atoms with Crippen molar-refractivity contribution in [1.29, 1.82) is 0 Å². The molecule has 2 heterocycles. The fraction of sp³-hybridized carbons (Fsp3) is 0.412. The molecular formula is C17H18FNO4S. The van der Waals surface area contributed by atoms with Crippen LogP contribution < -0.4 is 0 Å². The highest BCUT2D eigenvalue weighted by Gasteiger charge is 2.30. The van der Waals surface area contributed by atoms with E-state index in [9.17, 15) is 19.1 Å². The van der Waals surface area contributed by atoms with E-state index in [4.69, 9.17) is 4.74 Å². The summed E-state index contributed by atoms with van der Waals surface area (Å²) in [5.41, 5.74) is 0.570. The van der Waals surface area contributed by atoms with Gasteiger partial charge in [0.15, 0.2) is 0 Å². The van der Waals surface area contributed by atoms with Gasteiger partial charge in [-0.2, -0.15) is 0 Å². The van der Waals surface area contributed by atoms with Crippen LogP contribution in [0.4, 0.5) is 4.39 Å². The van der Waals surface area contributed by atoms with Gasteiger partial charge in [-0.25, -0.2) is 4.39 Å². The molecule has 0 bridgehead atoms. The van der Waals surface area contributed by atoms with Crippen molar-refractivity contribution in [2.45, 2.75) is 25.8 Å². The fourth-order valence-electron chi connectivity index (χ4n) is 3.10. The minimum Gasteiger partial charge on any atom is -0.480 e. The predicted molar refractivity (Wildman–Crippen MR) is 89.0 cm³/mol. The summed E-state index contributed by atoms with van der Waals surface area (Å²) in [6.07, 6.45) is 1.22. The second-order valence-electron chi connectivity index (χ2n) is 5.84. The monoisotopic (exact) mass is 351 g/mol. The number of aryl methyl sites for hydroxylation is 1. The molecule has 3 rings (SSSR count). The fourth-order valence-corrected chi connectivity index (χ4v) is 4.28. The number of benzene rings is 1. The Balaban J connectivity index is 1.99. The van der Waals surface area contributed by atoms with E-state index in [-0.39, 0.29) is 24.3 Å². The van der Waals surface area contributed by atoms with Gasteiger partial charge in [-0.1, -0.05) is 6.07 Å². The Bertz CT molecular complexity index is 782. The zero-order chi connectivity index (χ0) is 17.3. The molecule has 5 nitrogen and oxygen atoms in total. The largest absolute Gasteiger partial charge is 0.480 e. The van der Waals surface area contributed by atoms with Gasteiger partial charge in [0.1, 0.15) is 12.4 Å². The maximum Gasteiger partial charge on any atom is 0.323 e. The summed E-state index contributed by atoms with van der Waals surface area (Å²) < 4.78 is 20.0. The number of hydrogen-bond acceptors (Lipinski definition) is 4. The molecule has 0 atom stereocenters. The van der Waals surface area contributed by atoms with E-state index < -0.39 is 5.97 Å². The number of carboxylic acids is 1. The molecule has 1 aliphatic heterocycles. The Morgan fingerprint density at radius 3 is 2.71 bits per heavy atom. The zero-order valence-electron chi connectivity index (χ0n) is 13.3. The molecule has 0 saturated carbocycles. The molecule has 2 aromatic rings. The molecule has 0 radical (unpaired) electrons. The smallest absolute Gasteiger partial charge is 0.323 e. The molecule has 7 heteroatoms. The standard InChI is InChI=1S/C17H18FNO4S/c1-10-15-12(18)3-2-4-13(15)24-16(10)17(22)19(9-14(20)21)11-5-7-23-8-6-11/h2-4,11H,5-9H2,1H3,(H,20,21). The van der Waals surface area contributed by atoms with E-state index in [1.165, 1.54) is 22.3 Å². The molecule has 0 aliphatic carbocycles. The van der Waals surface area contributed by atoms with Crippen LogP contribution in [0.2, 0.25) is 0 Å². The van der Waals surface area contributed by atoms with E-state index in [0.29, 0.717) is 46.6 Å². The van der Waals surface area contributed by atoms with Gasteiger partial charge in [0.05, 0.1) is 4.88 Å². The first-order valence-corrected chi connectivity index (χ1v) is 8.59. The zero-order valence-corrected chi connectivity index (χ0v) is 14.1. The molecule has 1 fully saturated rings. The highest BCUT2D eigenvalue weighted by atomic mass is 32.1. The summed E-state index contributed by atoms with van der Waals surface area (Å²) >= 11 is 1.21. The average molecular weight is 351 g/mol. The molecule has 1 saturated heterocycles. The molecule has 1 aliphatic rings. The minimum absolute atomic E-state index is 0.170. The van der Waals surface area contributed by atoms with Crippen molar-refractivity contribution in [2.24, 2.45) is 0 Å². The number of rotatable bonds is 4. The highest BCUT2D eigenvalue weighted by Crippen LogP contribution is 2.34. The molecule has 1 amide bonds. The Morgan fingerprint density at radius 1 is 1.38 bits per heavy atom. The van der Waals surface area contributed by atoms with Gasteiger partial charge in [-0.05, 0) is 37.5 Å². The normalized spacial score (nSPS) is 15.6. The first-order chi connectivity index (χ1) is 11.5. The van der Waals surface area contributed by atoms with Gasteiger partial charge in [-0.3, -0.25) is 9.59 Å². The summed E-state index contributed by atoms with van der Waals surface area (Å²) in [7, 11) is 0. The van der Waals surface area contributed by atoms with E-state index in [1.807, 2.05) is 0 Å². The van der Waals surface area contributed by atoms with Gasteiger partial charge in [0.2, 0.25) is 0 Å². The second kappa shape index (κ2) is 6.86. The summed E-state index contributed by atoms with van der Waals surface area (Å²) in [6, 6.07) is 4.57. The van der Waals surface area contributed by atoms with Crippen LogP contribution in [-0.2, 0) is 9.53 Å². The van der Waals surface area contributed by atoms with Crippen LogP contribution in [0.3, 0.4) is 0 Å². The van der Waals surface area contributed by atoms with Crippen molar-refractivity contribution < 1.29 is 23.8 Å². The lowest BCUT2D eigenvalue weighted by atomic mass is 10.1. The third-order valence-electron chi connectivity index (χ3n) is 4.30. The topological polar surface area (TPSA) is 66.8 Å². The third-order valence-corrected chi connectivity index (χ3v) is 5.54. The molecule has 128 valence electrons. The number of carboxylic acid groups (broad SMARTS) is 1. The van der Waals surface area contributed by atoms with Gasteiger partial charge in [-0.15, -0.1) is 11.3 Å². The molecule has 1 aromatic carbocycles. The molecule has 24 heavy (non-hydrogen) atoms. The van der Waals surface area contributed by atoms with Crippen LogP contribution in [0.5, 0.6) is 0 Å². The van der Waals surface area contributed by atoms with Gasteiger partial charge in [0.25, 0.3) is 5.91 Å². The lowest BCUT2D eigenvalue weighted by molar-refractivity contribution is -0.138. The van der Waals surface area contributed by atoms with Crippen LogP contribution in [0.1, 0.15) is 28.1 Å². The molecule has 0 unspecified atom stereocenters. The Kier molecular flexibility index (Phi) is 4.82. The maximum absolute atomic E-state index is 14.1. The Labute approximate surface area is 142 Å². The minimum atomic E-state index is -1.06. The van der Waals surface area contributed by atoms with Crippen LogP contribution >= 0.6 is 11.3 Å². The first-order valence-electron chi connectivity index (χ1n) is 7.77. The number of carbonyl (C=O) groups excluding carboxylic acids is 1. The van der Waals surface area contributed by atoms with Crippen molar-refractivity contribution in [3.8, 4) is 0 Å². The van der Waals surface area contributed by atoms with Crippen LogP contribution in [-0.4, -0.2) is 47.7 Å². The van der Waals surface area contributed by atoms with Crippen molar-refractivity contribution >= 4 is 33.3 Å². The number of amides is 1. The number of hydrogen-bond donors (Lipinski definition) is 1. The summed E-state index contributed by atoms with van der Waals surface area (Å²) in [5, 5.41) is 9.62. The highest BCUT2D eigenvalue weighted by molar-refractivity contribution is 7.21.